The van der Waals surface area contributed by atoms with E-state index in [2.05, 4.69) is 10.2 Å². The highest BCUT2D eigenvalue weighted by atomic mass is 32.2. The lowest BCUT2D eigenvalue weighted by molar-refractivity contribution is 0.0964. The number of amides is 1. The van der Waals surface area contributed by atoms with Gasteiger partial charge in [-0.1, -0.05) is 6.07 Å². The average Bonchev–Trinajstić information content (AvgIpc) is 3.82. The van der Waals surface area contributed by atoms with Gasteiger partial charge >= 0.3 is 0 Å². The first-order valence-corrected chi connectivity index (χ1v) is 18.1. The molecule has 1 aliphatic rings. The van der Waals surface area contributed by atoms with E-state index in [4.69, 9.17) is 14.4 Å². The molecule has 1 fully saturated rings. The summed E-state index contributed by atoms with van der Waals surface area (Å²) < 4.78 is 64.1. The Morgan fingerprint density at radius 3 is 2.53 bits per heavy atom. The van der Waals surface area contributed by atoms with Gasteiger partial charge in [-0.15, -0.1) is 0 Å². The molecule has 1 saturated heterocycles. The third-order valence-electron chi connectivity index (χ3n) is 9.51. The molecule has 0 bridgehead atoms. The number of nitrogens with one attached hydrogen (secondary N) is 1. The molecule has 11 nitrogen and oxygen atoms in total. The molecule has 0 spiro atoms. The second kappa shape index (κ2) is 12.1. The second-order valence-corrected chi connectivity index (χ2v) is 14.8. The highest BCUT2D eigenvalue weighted by Gasteiger charge is 2.28. The Morgan fingerprint density at radius 1 is 1.04 bits per heavy atom. The van der Waals surface area contributed by atoms with Crippen molar-refractivity contribution in [3.8, 4) is 22.6 Å². The fraction of sp³-hybridized carbons (Fsp3) is 0.216. The van der Waals surface area contributed by atoms with Crippen LogP contribution in [0.5, 0.6) is 0 Å². The molecule has 4 aromatic heterocycles. The number of pyridine rings is 1. The number of benzene rings is 3. The molecule has 0 aliphatic carbocycles. The van der Waals surface area contributed by atoms with Crippen molar-refractivity contribution in [2.24, 2.45) is 0 Å². The molecule has 2 N–H and O–H groups in total. The minimum atomic E-state index is -3.79. The van der Waals surface area contributed by atoms with Crippen LogP contribution in [0.25, 0.3) is 61.0 Å². The number of carbonyl (C=O) groups excluding carboxylic acids is 1. The third-order valence-corrected chi connectivity index (χ3v) is 10.7. The Hall–Kier alpha value is -5.44. The summed E-state index contributed by atoms with van der Waals surface area (Å²) in [6.07, 6.45) is 1.30. The maximum absolute atomic E-state index is 15.2. The van der Waals surface area contributed by atoms with Gasteiger partial charge in [-0.05, 0) is 67.1 Å². The summed E-state index contributed by atoms with van der Waals surface area (Å²) >= 11 is 0. The van der Waals surface area contributed by atoms with Crippen LogP contribution < -0.4 is 9.62 Å². The predicted molar refractivity (Wildman–Crippen MR) is 191 cm³/mol. The standard InChI is InChI=1S/C37H32F2N6O5S/c1-40-37(47)34-25-15-24(30(43(2)51(3,48)49)17-32(25)50-36(34)20-7-9-21(38)10-8-20)27-11-12-28-35(42-27)31-16-23-26(39)5-4-6-29(23)45(31)33(41-28)19-44-14-13-22(46)18-44/h4-12,15-17,22,46H,13-14,18-19H2,1-3H3,(H,40,47). The number of likely N-dealkylation sites (tertiary alicyclic amines) is 1. The van der Waals surface area contributed by atoms with Gasteiger partial charge in [0.05, 0.1) is 52.4 Å². The Bertz CT molecular complexity index is 2660. The molecule has 5 heterocycles. The summed E-state index contributed by atoms with van der Waals surface area (Å²) in [6.45, 7) is 1.62. The number of sulfonamides is 1. The molecule has 1 atom stereocenters. The lowest BCUT2D eigenvalue weighted by Crippen LogP contribution is -2.25. The van der Waals surface area contributed by atoms with Crippen LogP contribution in [0.4, 0.5) is 14.5 Å². The zero-order valence-electron chi connectivity index (χ0n) is 27.8. The minimum Gasteiger partial charge on any atom is -0.455 e. The van der Waals surface area contributed by atoms with Gasteiger partial charge in [0, 0.05) is 55.2 Å². The molecule has 0 radical (unpaired) electrons. The van der Waals surface area contributed by atoms with Gasteiger partial charge < -0.3 is 14.8 Å². The van der Waals surface area contributed by atoms with Crippen LogP contribution in [0.1, 0.15) is 22.6 Å². The summed E-state index contributed by atoms with van der Waals surface area (Å²) in [5.74, 6) is -0.471. The summed E-state index contributed by atoms with van der Waals surface area (Å²) in [5, 5.41) is 13.6. The highest BCUT2D eigenvalue weighted by molar-refractivity contribution is 7.92. The van der Waals surface area contributed by atoms with Gasteiger partial charge in [-0.2, -0.15) is 0 Å². The molecule has 7 aromatic rings. The molecule has 14 heteroatoms. The largest absolute Gasteiger partial charge is 0.455 e. The molecular formula is C37H32F2N6O5S. The van der Waals surface area contributed by atoms with Crippen molar-refractivity contribution in [2.75, 3.05) is 37.7 Å². The number of furan rings is 1. The molecule has 1 aliphatic heterocycles. The van der Waals surface area contributed by atoms with E-state index in [1.54, 1.807) is 36.4 Å². The quantitative estimate of drug-likeness (QED) is 0.215. The van der Waals surface area contributed by atoms with Crippen LogP contribution in [0, 0.1) is 11.6 Å². The van der Waals surface area contributed by atoms with Crippen LogP contribution in [0.3, 0.4) is 0 Å². The number of anilines is 1. The maximum Gasteiger partial charge on any atom is 0.255 e. The highest BCUT2D eigenvalue weighted by Crippen LogP contribution is 2.41. The number of aromatic nitrogens is 3. The number of carbonyl (C=O) groups is 1. The zero-order valence-corrected chi connectivity index (χ0v) is 28.6. The Labute approximate surface area is 290 Å². The Balaban J connectivity index is 1.39. The first-order valence-electron chi connectivity index (χ1n) is 16.2. The van der Waals surface area contributed by atoms with Crippen LogP contribution in [-0.2, 0) is 16.6 Å². The average molecular weight is 711 g/mol. The fourth-order valence-electron chi connectivity index (χ4n) is 6.91. The Kier molecular flexibility index (Phi) is 7.78. The van der Waals surface area contributed by atoms with Gasteiger partial charge in [0.2, 0.25) is 10.0 Å². The van der Waals surface area contributed by atoms with Gasteiger partial charge in [-0.3, -0.25) is 18.4 Å². The summed E-state index contributed by atoms with van der Waals surface area (Å²) in [7, 11) is -0.901. The molecule has 1 amide bonds. The molecule has 8 rings (SSSR count). The summed E-state index contributed by atoms with van der Waals surface area (Å²) in [6, 6.07) is 18.8. The van der Waals surface area contributed by atoms with Crippen LogP contribution in [-0.4, -0.2) is 78.2 Å². The fourth-order valence-corrected chi connectivity index (χ4v) is 7.42. The third kappa shape index (κ3) is 5.55. The summed E-state index contributed by atoms with van der Waals surface area (Å²) in [4.78, 5) is 25.5. The van der Waals surface area contributed by atoms with Gasteiger partial charge in [-0.25, -0.2) is 27.2 Å². The Morgan fingerprint density at radius 2 is 1.82 bits per heavy atom. The van der Waals surface area contributed by atoms with Gasteiger partial charge in [0.1, 0.15) is 34.3 Å². The normalized spacial score (nSPS) is 15.5. The van der Waals surface area contributed by atoms with Gasteiger partial charge in [0.25, 0.3) is 5.91 Å². The lowest BCUT2D eigenvalue weighted by atomic mass is 10.0. The topological polar surface area (TPSA) is 133 Å². The molecule has 260 valence electrons. The van der Waals surface area contributed by atoms with Crippen LogP contribution >= 0.6 is 0 Å². The number of nitrogens with zero attached hydrogens (tertiary/aromatic N) is 5. The monoisotopic (exact) mass is 710 g/mol. The van der Waals surface area contributed by atoms with Crippen molar-refractivity contribution in [3.05, 3.63) is 95.8 Å². The van der Waals surface area contributed by atoms with Crippen molar-refractivity contribution in [3.63, 3.8) is 0 Å². The molecule has 3 aromatic carbocycles. The molecule has 51 heavy (non-hydrogen) atoms. The van der Waals surface area contributed by atoms with Crippen molar-refractivity contribution < 1.29 is 31.5 Å². The van der Waals surface area contributed by atoms with Crippen LogP contribution in [0.15, 0.2) is 77.2 Å². The number of hydrogen-bond acceptors (Lipinski definition) is 8. The summed E-state index contributed by atoms with van der Waals surface area (Å²) in [5.41, 5.74) is 4.06. The van der Waals surface area contributed by atoms with Crippen molar-refractivity contribution in [1.82, 2.24) is 24.6 Å². The molecule has 1 unspecified atom stereocenters. The number of rotatable bonds is 7. The number of β-amino-alcohol motifs (C(OH)–C–C–N with tert-alkyl or cyclic N) is 1. The van der Waals surface area contributed by atoms with E-state index in [1.807, 2.05) is 10.5 Å². The van der Waals surface area contributed by atoms with Gasteiger partial charge in [0.15, 0.2) is 0 Å². The van der Waals surface area contributed by atoms with E-state index in [9.17, 15) is 22.7 Å². The van der Waals surface area contributed by atoms with Crippen molar-refractivity contribution >= 4 is 60.0 Å². The zero-order chi connectivity index (χ0) is 35.8. The number of hydrogen-bond donors (Lipinski definition) is 2. The van der Waals surface area contributed by atoms with E-state index in [1.165, 1.54) is 44.4 Å². The SMILES string of the molecule is CNC(=O)c1c(-c2ccc(F)cc2)oc2cc(N(C)S(C)(=O)=O)c(-c3ccc4nc(CN5CCC(O)C5)n5c6cccc(F)c6cc5c4n3)cc12. The number of fused-ring (bicyclic) bond motifs is 6. The van der Waals surface area contributed by atoms with E-state index < -0.39 is 33.7 Å². The molecular weight excluding hydrogens is 679 g/mol. The number of aliphatic hydroxyl groups is 1. The van der Waals surface area contributed by atoms with E-state index in [0.717, 1.165) is 10.6 Å². The lowest BCUT2D eigenvalue weighted by Gasteiger charge is -2.21. The van der Waals surface area contributed by atoms with E-state index in [-0.39, 0.29) is 22.6 Å². The number of halogens is 2. The van der Waals surface area contributed by atoms with E-state index >= 15 is 4.39 Å². The van der Waals surface area contributed by atoms with Crippen LogP contribution in [0.2, 0.25) is 0 Å². The maximum atomic E-state index is 15.2. The van der Waals surface area contributed by atoms with Crippen molar-refractivity contribution in [1.29, 1.82) is 0 Å². The van der Waals surface area contributed by atoms with E-state index in [0.29, 0.717) is 81.5 Å². The van der Waals surface area contributed by atoms with Crippen molar-refractivity contribution in [2.45, 2.75) is 19.1 Å². The smallest absolute Gasteiger partial charge is 0.255 e. The first-order chi connectivity index (χ1) is 24.4. The molecule has 0 saturated carbocycles. The first kappa shape index (κ1) is 32.7. The predicted octanol–water partition coefficient (Wildman–Crippen LogP) is 5.72. The second-order valence-electron chi connectivity index (χ2n) is 12.8. The minimum absolute atomic E-state index is 0.184. The number of aliphatic hydroxyl groups excluding tert-OH is 1.